The van der Waals surface area contributed by atoms with Crippen LogP contribution in [-0.4, -0.2) is 37.6 Å². The number of nitrogens with zero attached hydrogens (tertiary/aromatic N) is 1. The number of carbonyl (C=O) groups is 1. The first-order valence-corrected chi connectivity index (χ1v) is 7.03. The first kappa shape index (κ1) is 14.1. The van der Waals surface area contributed by atoms with Crippen LogP contribution in [0, 0.1) is 12.8 Å². The Bertz CT molecular complexity index is 444. The number of piperidine rings is 1. The highest BCUT2D eigenvalue weighted by atomic mass is 16.5. The molecule has 1 aromatic rings. The molecule has 0 aromatic heterocycles. The second-order valence-electron chi connectivity index (χ2n) is 5.43. The monoisotopic (exact) mass is 261 g/mol. The molecule has 0 bridgehead atoms. The van der Waals surface area contributed by atoms with Crippen LogP contribution in [0.5, 0.6) is 0 Å². The Labute approximate surface area is 115 Å². The maximum Gasteiger partial charge on any atom is 0.309 e. The van der Waals surface area contributed by atoms with Gasteiger partial charge in [0.1, 0.15) is 0 Å². The number of benzene rings is 1. The van der Waals surface area contributed by atoms with E-state index in [0.717, 1.165) is 19.5 Å². The van der Waals surface area contributed by atoms with Gasteiger partial charge in [0.2, 0.25) is 0 Å². The Balaban J connectivity index is 2.23. The van der Waals surface area contributed by atoms with Gasteiger partial charge in [-0.1, -0.05) is 29.8 Å². The van der Waals surface area contributed by atoms with E-state index in [1.165, 1.54) is 11.1 Å². The largest absolute Gasteiger partial charge is 0.466 e. The van der Waals surface area contributed by atoms with Gasteiger partial charge in [0.05, 0.1) is 12.5 Å². The highest BCUT2D eigenvalue weighted by molar-refractivity contribution is 5.74. The van der Waals surface area contributed by atoms with Crippen LogP contribution in [0.4, 0.5) is 0 Å². The molecule has 1 heterocycles. The molecular formula is C16H23NO2. The molecule has 19 heavy (non-hydrogen) atoms. The molecule has 0 aliphatic carbocycles. The third-order valence-corrected chi connectivity index (χ3v) is 3.88. The molecule has 0 radical (unpaired) electrons. The van der Waals surface area contributed by atoms with Gasteiger partial charge in [-0.2, -0.15) is 0 Å². The summed E-state index contributed by atoms with van der Waals surface area (Å²) in [4.78, 5) is 14.4. The highest BCUT2D eigenvalue weighted by Gasteiger charge is 2.34. The van der Waals surface area contributed by atoms with Crippen molar-refractivity contribution in [3.63, 3.8) is 0 Å². The van der Waals surface area contributed by atoms with Gasteiger partial charge in [0.15, 0.2) is 0 Å². The molecule has 3 nitrogen and oxygen atoms in total. The van der Waals surface area contributed by atoms with Gasteiger partial charge >= 0.3 is 5.97 Å². The van der Waals surface area contributed by atoms with Gasteiger partial charge in [-0.3, -0.25) is 4.79 Å². The van der Waals surface area contributed by atoms with Crippen molar-refractivity contribution in [1.82, 2.24) is 4.90 Å². The minimum Gasteiger partial charge on any atom is -0.466 e. The number of likely N-dealkylation sites (tertiary alicyclic amines) is 1. The first-order chi connectivity index (χ1) is 9.11. The number of hydrogen-bond donors (Lipinski definition) is 0. The van der Waals surface area contributed by atoms with Crippen LogP contribution in [0.25, 0.3) is 0 Å². The fourth-order valence-corrected chi connectivity index (χ4v) is 2.88. The van der Waals surface area contributed by atoms with Crippen LogP contribution >= 0.6 is 0 Å². The average Bonchev–Trinajstić information content (AvgIpc) is 2.39. The SMILES string of the molecule is CCOC(=O)C1CCN(C)CC1c1cccc(C)c1. The molecule has 1 aromatic carbocycles. The molecule has 104 valence electrons. The molecule has 0 N–H and O–H groups in total. The van der Waals surface area contributed by atoms with Crippen molar-refractivity contribution in [2.75, 3.05) is 26.7 Å². The molecule has 2 atom stereocenters. The number of aryl methyl sites for hydroxylation is 1. The molecule has 3 heteroatoms. The molecule has 0 amide bonds. The lowest BCUT2D eigenvalue weighted by Gasteiger charge is -2.35. The fourth-order valence-electron chi connectivity index (χ4n) is 2.88. The van der Waals surface area contributed by atoms with E-state index in [4.69, 9.17) is 4.74 Å². The van der Waals surface area contributed by atoms with Crippen LogP contribution in [0.2, 0.25) is 0 Å². The number of carbonyl (C=O) groups excluding carboxylic acids is 1. The number of ether oxygens (including phenoxy) is 1. The van der Waals surface area contributed by atoms with Crippen molar-refractivity contribution < 1.29 is 9.53 Å². The number of likely N-dealkylation sites (N-methyl/N-ethyl adjacent to an activating group) is 1. The maximum atomic E-state index is 12.1. The third-order valence-electron chi connectivity index (χ3n) is 3.88. The standard InChI is InChI=1S/C16H23NO2/c1-4-19-16(18)14-8-9-17(3)11-15(14)13-7-5-6-12(2)10-13/h5-7,10,14-15H,4,8-9,11H2,1-3H3. The molecule has 1 aliphatic rings. The van der Waals surface area contributed by atoms with Gasteiger partial charge in [-0.15, -0.1) is 0 Å². The summed E-state index contributed by atoms with van der Waals surface area (Å²) < 4.78 is 5.24. The van der Waals surface area contributed by atoms with E-state index in [1.807, 2.05) is 6.92 Å². The topological polar surface area (TPSA) is 29.5 Å². The molecular weight excluding hydrogens is 238 g/mol. The van der Waals surface area contributed by atoms with Gasteiger partial charge in [-0.25, -0.2) is 0 Å². The second-order valence-corrected chi connectivity index (χ2v) is 5.43. The van der Waals surface area contributed by atoms with Gasteiger partial charge in [0, 0.05) is 12.5 Å². The van der Waals surface area contributed by atoms with E-state index in [2.05, 4.69) is 43.1 Å². The van der Waals surface area contributed by atoms with Gasteiger partial charge in [0.25, 0.3) is 0 Å². The summed E-state index contributed by atoms with van der Waals surface area (Å²) in [6, 6.07) is 8.48. The third kappa shape index (κ3) is 3.35. The smallest absolute Gasteiger partial charge is 0.309 e. The Morgan fingerprint density at radius 1 is 1.47 bits per heavy atom. The quantitative estimate of drug-likeness (QED) is 0.783. The summed E-state index contributed by atoms with van der Waals surface area (Å²) in [5, 5.41) is 0. The van der Waals surface area contributed by atoms with Crippen molar-refractivity contribution in [2.24, 2.45) is 5.92 Å². The minimum absolute atomic E-state index is 0.00190. The van der Waals surface area contributed by atoms with E-state index < -0.39 is 0 Å². The summed E-state index contributed by atoms with van der Waals surface area (Å²) >= 11 is 0. The Kier molecular flexibility index (Phi) is 4.59. The fraction of sp³-hybridized carbons (Fsp3) is 0.562. The Morgan fingerprint density at radius 2 is 2.26 bits per heavy atom. The summed E-state index contributed by atoms with van der Waals surface area (Å²) in [5.74, 6) is 0.206. The summed E-state index contributed by atoms with van der Waals surface area (Å²) in [6.07, 6.45) is 0.883. The first-order valence-electron chi connectivity index (χ1n) is 7.03. The Hall–Kier alpha value is -1.35. The van der Waals surface area contributed by atoms with E-state index in [9.17, 15) is 4.79 Å². The van der Waals surface area contributed by atoms with Gasteiger partial charge in [-0.05, 0) is 39.4 Å². The van der Waals surface area contributed by atoms with Crippen LogP contribution in [-0.2, 0) is 9.53 Å². The van der Waals surface area contributed by atoms with E-state index in [-0.39, 0.29) is 17.8 Å². The summed E-state index contributed by atoms with van der Waals surface area (Å²) in [6.45, 7) is 6.31. The number of rotatable bonds is 3. The van der Waals surface area contributed by atoms with Crippen molar-refractivity contribution in [3.05, 3.63) is 35.4 Å². The molecule has 0 saturated carbocycles. The zero-order valence-corrected chi connectivity index (χ0v) is 12.1. The number of hydrogen-bond acceptors (Lipinski definition) is 3. The molecule has 1 fully saturated rings. The van der Waals surface area contributed by atoms with Gasteiger partial charge < -0.3 is 9.64 Å². The Morgan fingerprint density at radius 3 is 2.95 bits per heavy atom. The molecule has 2 unspecified atom stereocenters. The van der Waals surface area contributed by atoms with Crippen LogP contribution in [0.15, 0.2) is 24.3 Å². The molecule has 1 aliphatic heterocycles. The van der Waals surface area contributed by atoms with Crippen LogP contribution < -0.4 is 0 Å². The lowest BCUT2D eigenvalue weighted by molar-refractivity contribution is -0.150. The van der Waals surface area contributed by atoms with E-state index in [0.29, 0.717) is 6.61 Å². The van der Waals surface area contributed by atoms with Crippen LogP contribution in [0.3, 0.4) is 0 Å². The predicted octanol–water partition coefficient (Wildman–Crippen LogP) is 2.59. The summed E-state index contributed by atoms with van der Waals surface area (Å²) in [7, 11) is 2.12. The second kappa shape index (κ2) is 6.20. The number of esters is 1. The lowest BCUT2D eigenvalue weighted by atomic mass is 9.80. The van der Waals surface area contributed by atoms with Crippen molar-refractivity contribution in [2.45, 2.75) is 26.2 Å². The summed E-state index contributed by atoms with van der Waals surface area (Å²) in [5.41, 5.74) is 2.50. The molecule has 0 spiro atoms. The van der Waals surface area contributed by atoms with E-state index >= 15 is 0 Å². The van der Waals surface area contributed by atoms with Crippen molar-refractivity contribution >= 4 is 5.97 Å². The molecule has 1 saturated heterocycles. The van der Waals surface area contributed by atoms with Crippen molar-refractivity contribution in [3.8, 4) is 0 Å². The minimum atomic E-state index is -0.0397. The lowest BCUT2D eigenvalue weighted by Crippen LogP contribution is -2.40. The van der Waals surface area contributed by atoms with E-state index in [1.54, 1.807) is 0 Å². The maximum absolute atomic E-state index is 12.1. The van der Waals surface area contributed by atoms with Crippen LogP contribution in [0.1, 0.15) is 30.4 Å². The predicted molar refractivity (Wildman–Crippen MR) is 76.2 cm³/mol. The zero-order valence-electron chi connectivity index (χ0n) is 12.1. The molecule has 2 rings (SSSR count). The average molecular weight is 261 g/mol. The normalized spacial score (nSPS) is 24.2. The zero-order chi connectivity index (χ0) is 13.8. The van der Waals surface area contributed by atoms with Crippen molar-refractivity contribution in [1.29, 1.82) is 0 Å². The highest BCUT2D eigenvalue weighted by Crippen LogP contribution is 2.33.